The van der Waals surface area contributed by atoms with Crippen LogP contribution in [0.4, 0.5) is 5.82 Å². The van der Waals surface area contributed by atoms with Crippen molar-refractivity contribution in [2.24, 2.45) is 5.73 Å². The second-order valence-corrected chi connectivity index (χ2v) is 5.46. The first-order valence-electron chi connectivity index (χ1n) is 6.91. The number of carbonyl (C=O) groups is 1. The molecule has 0 aliphatic carbocycles. The Bertz CT molecular complexity index is 471. The van der Waals surface area contributed by atoms with E-state index in [2.05, 4.69) is 9.88 Å². The third kappa shape index (κ3) is 2.30. The van der Waals surface area contributed by atoms with Gasteiger partial charge in [-0.3, -0.25) is 4.79 Å². The van der Waals surface area contributed by atoms with Crippen LogP contribution in [0.2, 0.25) is 0 Å². The van der Waals surface area contributed by atoms with Crippen LogP contribution < -0.4 is 10.6 Å². The van der Waals surface area contributed by atoms with Gasteiger partial charge in [0.15, 0.2) is 0 Å². The number of hydrogen-bond acceptors (Lipinski definition) is 4. The number of hydrogen-bond donors (Lipinski definition) is 1. The molecule has 0 spiro atoms. The number of pyridine rings is 1. The molecule has 102 valence electrons. The summed E-state index contributed by atoms with van der Waals surface area (Å²) in [6.45, 7) is 4.54. The minimum atomic E-state index is 0.0193. The highest BCUT2D eigenvalue weighted by molar-refractivity contribution is 5.79. The summed E-state index contributed by atoms with van der Waals surface area (Å²) < 4.78 is 0. The Morgan fingerprint density at radius 1 is 1.42 bits per heavy atom. The Kier molecular flexibility index (Phi) is 3.14. The van der Waals surface area contributed by atoms with Crippen LogP contribution in [-0.2, 0) is 4.79 Å². The number of amides is 1. The molecule has 2 saturated heterocycles. The highest BCUT2D eigenvalue weighted by Crippen LogP contribution is 2.25. The van der Waals surface area contributed by atoms with Gasteiger partial charge >= 0.3 is 0 Å². The number of piperazine rings is 1. The zero-order valence-electron chi connectivity index (χ0n) is 11.2. The fourth-order valence-corrected chi connectivity index (χ4v) is 2.93. The standard InChI is InChI=1S/C14H20N4O/c1-10(15)11-2-4-13(16-8-11)17-6-7-18-12(9-17)3-5-14(18)19/h2,4,8,10,12H,3,5-7,9,15H2,1H3. The quantitative estimate of drug-likeness (QED) is 0.858. The van der Waals surface area contributed by atoms with Crippen LogP contribution in [-0.4, -0.2) is 41.5 Å². The lowest BCUT2D eigenvalue weighted by atomic mass is 10.1. The van der Waals surface area contributed by atoms with Crippen molar-refractivity contribution >= 4 is 11.7 Å². The summed E-state index contributed by atoms with van der Waals surface area (Å²) >= 11 is 0. The largest absolute Gasteiger partial charge is 0.353 e. The van der Waals surface area contributed by atoms with E-state index in [-0.39, 0.29) is 6.04 Å². The van der Waals surface area contributed by atoms with Gasteiger partial charge in [-0.05, 0) is 25.0 Å². The lowest BCUT2D eigenvalue weighted by Gasteiger charge is -2.38. The van der Waals surface area contributed by atoms with Gasteiger partial charge in [-0.2, -0.15) is 0 Å². The van der Waals surface area contributed by atoms with E-state index in [9.17, 15) is 4.79 Å². The Morgan fingerprint density at radius 3 is 2.95 bits per heavy atom. The van der Waals surface area contributed by atoms with Crippen LogP contribution in [0.15, 0.2) is 18.3 Å². The van der Waals surface area contributed by atoms with Gasteiger partial charge in [-0.1, -0.05) is 6.07 Å². The molecule has 0 aromatic carbocycles. The first kappa shape index (κ1) is 12.4. The van der Waals surface area contributed by atoms with E-state index in [1.165, 1.54) is 0 Å². The summed E-state index contributed by atoms with van der Waals surface area (Å²) in [7, 11) is 0. The molecule has 2 fully saturated rings. The van der Waals surface area contributed by atoms with Crippen LogP contribution in [0.1, 0.15) is 31.4 Å². The number of aromatic nitrogens is 1. The fraction of sp³-hybridized carbons (Fsp3) is 0.571. The molecule has 19 heavy (non-hydrogen) atoms. The van der Waals surface area contributed by atoms with Gasteiger partial charge in [0, 0.05) is 44.3 Å². The van der Waals surface area contributed by atoms with Crippen LogP contribution >= 0.6 is 0 Å². The average Bonchev–Trinajstić information content (AvgIpc) is 2.80. The number of nitrogens with two attached hydrogens (primary N) is 1. The summed E-state index contributed by atoms with van der Waals surface area (Å²) in [4.78, 5) is 20.4. The molecular formula is C14H20N4O. The molecule has 2 aliphatic heterocycles. The van der Waals surface area contributed by atoms with Gasteiger partial charge in [0.25, 0.3) is 0 Å². The fourth-order valence-electron chi connectivity index (χ4n) is 2.93. The van der Waals surface area contributed by atoms with Gasteiger partial charge < -0.3 is 15.5 Å². The molecule has 5 nitrogen and oxygen atoms in total. The van der Waals surface area contributed by atoms with Crippen molar-refractivity contribution in [3.63, 3.8) is 0 Å². The van der Waals surface area contributed by atoms with Gasteiger partial charge in [0.05, 0.1) is 0 Å². The topological polar surface area (TPSA) is 62.5 Å². The maximum Gasteiger partial charge on any atom is 0.223 e. The zero-order valence-corrected chi connectivity index (χ0v) is 11.2. The third-order valence-corrected chi connectivity index (χ3v) is 4.12. The maximum absolute atomic E-state index is 11.6. The van der Waals surface area contributed by atoms with E-state index in [1.54, 1.807) is 0 Å². The van der Waals surface area contributed by atoms with Crippen molar-refractivity contribution in [1.29, 1.82) is 0 Å². The first-order valence-corrected chi connectivity index (χ1v) is 6.91. The summed E-state index contributed by atoms with van der Waals surface area (Å²) in [6, 6.07) is 4.46. The highest BCUT2D eigenvalue weighted by Gasteiger charge is 2.35. The Balaban J connectivity index is 1.71. The Morgan fingerprint density at radius 2 is 2.26 bits per heavy atom. The molecule has 1 aromatic heterocycles. The van der Waals surface area contributed by atoms with Crippen LogP contribution in [0.25, 0.3) is 0 Å². The summed E-state index contributed by atoms with van der Waals surface area (Å²) in [5.74, 6) is 1.30. The lowest BCUT2D eigenvalue weighted by molar-refractivity contribution is -0.129. The van der Waals surface area contributed by atoms with Crippen LogP contribution in [0, 0.1) is 0 Å². The summed E-state index contributed by atoms with van der Waals surface area (Å²) in [5, 5.41) is 0. The van der Waals surface area contributed by atoms with Crippen molar-refractivity contribution < 1.29 is 4.79 Å². The van der Waals surface area contributed by atoms with E-state index in [4.69, 9.17) is 5.73 Å². The maximum atomic E-state index is 11.6. The van der Waals surface area contributed by atoms with Crippen molar-refractivity contribution in [2.75, 3.05) is 24.5 Å². The van der Waals surface area contributed by atoms with Crippen molar-refractivity contribution in [3.8, 4) is 0 Å². The molecule has 2 atom stereocenters. The van der Waals surface area contributed by atoms with Crippen molar-refractivity contribution in [2.45, 2.75) is 31.8 Å². The Hall–Kier alpha value is -1.62. The normalized spacial score (nSPS) is 24.5. The summed E-state index contributed by atoms with van der Waals surface area (Å²) in [6.07, 6.45) is 3.54. The third-order valence-electron chi connectivity index (χ3n) is 4.12. The molecular weight excluding hydrogens is 240 g/mol. The molecule has 0 saturated carbocycles. The van der Waals surface area contributed by atoms with Crippen molar-refractivity contribution in [3.05, 3.63) is 23.9 Å². The molecule has 1 amide bonds. The summed E-state index contributed by atoms with van der Waals surface area (Å²) in [5.41, 5.74) is 6.88. The lowest BCUT2D eigenvalue weighted by Crippen LogP contribution is -2.51. The van der Waals surface area contributed by atoms with Crippen LogP contribution in [0.3, 0.4) is 0 Å². The second kappa shape index (κ2) is 4.81. The van der Waals surface area contributed by atoms with Gasteiger partial charge in [-0.25, -0.2) is 4.98 Å². The molecule has 0 radical (unpaired) electrons. The minimum absolute atomic E-state index is 0.0193. The molecule has 2 N–H and O–H groups in total. The molecule has 2 aliphatic rings. The number of fused-ring (bicyclic) bond motifs is 1. The van der Waals surface area contributed by atoms with Crippen LogP contribution in [0.5, 0.6) is 0 Å². The predicted molar refractivity (Wildman–Crippen MR) is 73.8 cm³/mol. The molecule has 2 unspecified atom stereocenters. The first-order chi connectivity index (χ1) is 9.15. The number of anilines is 1. The van der Waals surface area contributed by atoms with E-state index in [0.717, 1.165) is 37.4 Å². The number of nitrogens with zero attached hydrogens (tertiary/aromatic N) is 3. The predicted octanol–water partition coefficient (Wildman–Crippen LogP) is 0.912. The van der Waals surface area contributed by atoms with Gasteiger partial charge in [0.1, 0.15) is 5.82 Å². The SMILES string of the molecule is CC(N)c1ccc(N2CCN3C(=O)CCC3C2)nc1. The molecule has 3 rings (SSSR count). The van der Waals surface area contributed by atoms with Gasteiger partial charge in [-0.15, -0.1) is 0 Å². The second-order valence-electron chi connectivity index (χ2n) is 5.46. The number of rotatable bonds is 2. The molecule has 5 heteroatoms. The zero-order chi connectivity index (χ0) is 13.4. The van der Waals surface area contributed by atoms with E-state index in [0.29, 0.717) is 18.4 Å². The van der Waals surface area contributed by atoms with Gasteiger partial charge in [0.2, 0.25) is 5.91 Å². The van der Waals surface area contributed by atoms with E-state index < -0.39 is 0 Å². The van der Waals surface area contributed by atoms with E-state index >= 15 is 0 Å². The average molecular weight is 260 g/mol. The minimum Gasteiger partial charge on any atom is -0.353 e. The highest BCUT2D eigenvalue weighted by atomic mass is 16.2. The monoisotopic (exact) mass is 260 g/mol. The van der Waals surface area contributed by atoms with Crippen molar-refractivity contribution in [1.82, 2.24) is 9.88 Å². The van der Waals surface area contributed by atoms with E-state index in [1.807, 2.05) is 30.2 Å². The Labute approximate surface area is 113 Å². The molecule has 0 bridgehead atoms. The number of carbonyl (C=O) groups excluding carboxylic acids is 1. The smallest absolute Gasteiger partial charge is 0.223 e. The molecule has 3 heterocycles. The molecule has 1 aromatic rings.